The maximum Gasteiger partial charge on any atom is 0.219 e. The molecule has 2 N–H and O–H groups in total. The number of ether oxygens (including phenoxy) is 1. The molecule has 0 unspecified atom stereocenters. The topological polar surface area (TPSA) is 50.4 Å². The highest BCUT2D eigenvalue weighted by molar-refractivity contribution is 5.75. The van der Waals surface area contributed by atoms with E-state index in [-0.39, 0.29) is 5.91 Å². The molecule has 4 heteroatoms. The predicted octanol–water partition coefficient (Wildman–Crippen LogP) is 1.62. The number of aryl methyl sites for hydroxylation is 1. The van der Waals surface area contributed by atoms with Crippen molar-refractivity contribution < 1.29 is 9.53 Å². The second kappa shape index (κ2) is 7.71. The van der Waals surface area contributed by atoms with Crippen LogP contribution < -0.4 is 15.4 Å². The van der Waals surface area contributed by atoms with E-state index in [1.165, 1.54) is 5.56 Å². The maximum atomic E-state index is 11.1. The van der Waals surface area contributed by atoms with Crippen LogP contribution in [0.2, 0.25) is 0 Å². The largest absolute Gasteiger partial charge is 0.493 e. The van der Waals surface area contributed by atoms with Crippen molar-refractivity contribution in [2.24, 2.45) is 0 Å². The Labute approximate surface area is 109 Å². The van der Waals surface area contributed by atoms with Gasteiger partial charge in [0.05, 0.1) is 6.61 Å². The van der Waals surface area contributed by atoms with Crippen molar-refractivity contribution in [1.29, 1.82) is 0 Å². The lowest BCUT2D eigenvalue weighted by atomic mass is 10.1. The molecule has 0 fully saturated rings. The number of hydrogen-bond acceptors (Lipinski definition) is 3. The summed E-state index contributed by atoms with van der Waals surface area (Å²) in [6, 6.07) is 6.14. The summed E-state index contributed by atoms with van der Waals surface area (Å²) in [6.07, 6.45) is 1.23. The van der Waals surface area contributed by atoms with Gasteiger partial charge in [0.15, 0.2) is 0 Å². The Morgan fingerprint density at radius 3 is 2.78 bits per heavy atom. The van der Waals surface area contributed by atoms with E-state index < -0.39 is 0 Å². The highest BCUT2D eigenvalue weighted by atomic mass is 16.5. The van der Waals surface area contributed by atoms with E-state index in [0.717, 1.165) is 24.3 Å². The van der Waals surface area contributed by atoms with Crippen LogP contribution in [0.15, 0.2) is 18.2 Å². The molecule has 0 heterocycles. The molecule has 0 aromatic heterocycles. The molecule has 0 aliphatic carbocycles. The smallest absolute Gasteiger partial charge is 0.219 e. The lowest BCUT2D eigenvalue weighted by Gasteiger charge is -2.12. The number of rotatable bonds is 7. The molecule has 0 atom stereocenters. The first-order chi connectivity index (χ1) is 8.67. The summed E-state index contributed by atoms with van der Waals surface area (Å²) in [5.41, 5.74) is 2.37. The standard InChI is InChI=1S/C14H22N2O2/c1-11-6-7-13(12(9-11)10-15-2)18-8-4-5-14(17)16-3/h6-7,9,15H,4-5,8,10H2,1-3H3,(H,16,17). The van der Waals surface area contributed by atoms with Gasteiger partial charge in [0.1, 0.15) is 5.75 Å². The molecule has 0 spiro atoms. The van der Waals surface area contributed by atoms with Crippen LogP contribution in [0.1, 0.15) is 24.0 Å². The summed E-state index contributed by atoms with van der Waals surface area (Å²) in [5, 5.41) is 5.72. The van der Waals surface area contributed by atoms with Gasteiger partial charge < -0.3 is 15.4 Å². The fourth-order valence-corrected chi connectivity index (χ4v) is 1.72. The first kappa shape index (κ1) is 14.5. The fourth-order valence-electron chi connectivity index (χ4n) is 1.72. The maximum absolute atomic E-state index is 11.1. The molecule has 1 rings (SSSR count). The van der Waals surface area contributed by atoms with Crippen molar-refractivity contribution in [3.8, 4) is 5.75 Å². The Morgan fingerprint density at radius 1 is 1.33 bits per heavy atom. The zero-order valence-corrected chi connectivity index (χ0v) is 11.4. The minimum atomic E-state index is 0.0537. The summed E-state index contributed by atoms with van der Waals surface area (Å²) in [4.78, 5) is 11.1. The van der Waals surface area contributed by atoms with E-state index in [9.17, 15) is 4.79 Å². The van der Waals surface area contributed by atoms with Crippen LogP contribution in [-0.4, -0.2) is 26.6 Å². The van der Waals surface area contributed by atoms with Gasteiger partial charge in [-0.2, -0.15) is 0 Å². The number of carbonyl (C=O) groups is 1. The molecule has 100 valence electrons. The Kier molecular flexibility index (Phi) is 6.22. The second-order valence-electron chi connectivity index (χ2n) is 4.27. The number of nitrogens with one attached hydrogen (secondary N) is 2. The minimum absolute atomic E-state index is 0.0537. The lowest BCUT2D eigenvalue weighted by Crippen LogP contribution is -2.18. The zero-order chi connectivity index (χ0) is 13.4. The first-order valence-electron chi connectivity index (χ1n) is 6.25. The van der Waals surface area contributed by atoms with Crippen LogP contribution in [-0.2, 0) is 11.3 Å². The minimum Gasteiger partial charge on any atom is -0.493 e. The van der Waals surface area contributed by atoms with Crippen LogP contribution >= 0.6 is 0 Å². The molecule has 18 heavy (non-hydrogen) atoms. The second-order valence-corrected chi connectivity index (χ2v) is 4.27. The molecular formula is C14H22N2O2. The fraction of sp³-hybridized carbons (Fsp3) is 0.500. The van der Waals surface area contributed by atoms with Gasteiger partial charge in [-0.15, -0.1) is 0 Å². The van der Waals surface area contributed by atoms with Crippen LogP contribution in [0.4, 0.5) is 0 Å². The lowest BCUT2D eigenvalue weighted by molar-refractivity contribution is -0.120. The van der Waals surface area contributed by atoms with Gasteiger partial charge in [-0.1, -0.05) is 17.7 Å². The van der Waals surface area contributed by atoms with E-state index in [2.05, 4.69) is 23.6 Å². The van der Waals surface area contributed by atoms with Gasteiger partial charge in [0.2, 0.25) is 5.91 Å². The summed E-state index contributed by atoms with van der Waals surface area (Å²) in [6.45, 7) is 3.41. The van der Waals surface area contributed by atoms with Gasteiger partial charge in [-0.25, -0.2) is 0 Å². The Hall–Kier alpha value is -1.55. The van der Waals surface area contributed by atoms with E-state index in [1.807, 2.05) is 19.2 Å². The van der Waals surface area contributed by atoms with E-state index in [1.54, 1.807) is 7.05 Å². The third-order valence-corrected chi connectivity index (χ3v) is 2.67. The molecule has 1 aromatic carbocycles. The van der Waals surface area contributed by atoms with E-state index in [4.69, 9.17) is 4.74 Å². The Morgan fingerprint density at radius 2 is 2.11 bits per heavy atom. The average Bonchev–Trinajstić information content (AvgIpc) is 2.36. The van der Waals surface area contributed by atoms with Crippen LogP contribution in [0.5, 0.6) is 5.75 Å². The van der Waals surface area contributed by atoms with Gasteiger partial charge >= 0.3 is 0 Å². The molecule has 0 saturated heterocycles. The van der Waals surface area contributed by atoms with Crippen molar-refractivity contribution in [1.82, 2.24) is 10.6 Å². The zero-order valence-electron chi connectivity index (χ0n) is 11.4. The quantitative estimate of drug-likeness (QED) is 0.723. The number of carbonyl (C=O) groups excluding carboxylic acids is 1. The monoisotopic (exact) mass is 250 g/mol. The highest BCUT2D eigenvalue weighted by Gasteiger charge is 2.04. The number of benzene rings is 1. The Bertz CT molecular complexity index is 391. The third kappa shape index (κ3) is 4.75. The summed E-state index contributed by atoms with van der Waals surface area (Å²) < 4.78 is 5.72. The third-order valence-electron chi connectivity index (χ3n) is 2.67. The first-order valence-corrected chi connectivity index (χ1v) is 6.25. The van der Waals surface area contributed by atoms with E-state index in [0.29, 0.717) is 13.0 Å². The van der Waals surface area contributed by atoms with Crippen LogP contribution in [0.25, 0.3) is 0 Å². The molecule has 0 radical (unpaired) electrons. The van der Waals surface area contributed by atoms with Crippen molar-refractivity contribution in [2.45, 2.75) is 26.3 Å². The van der Waals surface area contributed by atoms with Crippen molar-refractivity contribution in [3.63, 3.8) is 0 Å². The Balaban J connectivity index is 2.48. The van der Waals surface area contributed by atoms with Gasteiger partial charge in [-0.05, 0) is 26.5 Å². The van der Waals surface area contributed by atoms with Gasteiger partial charge in [0, 0.05) is 25.6 Å². The highest BCUT2D eigenvalue weighted by Crippen LogP contribution is 2.20. The molecule has 0 aliphatic rings. The van der Waals surface area contributed by atoms with Gasteiger partial charge in [0.25, 0.3) is 0 Å². The average molecular weight is 250 g/mol. The SMILES string of the molecule is CNCc1cc(C)ccc1OCCCC(=O)NC. The number of hydrogen-bond donors (Lipinski definition) is 2. The van der Waals surface area contributed by atoms with Crippen molar-refractivity contribution in [2.75, 3.05) is 20.7 Å². The summed E-state index contributed by atoms with van der Waals surface area (Å²) >= 11 is 0. The van der Waals surface area contributed by atoms with Crippen molar-refractivity contribution >= 4 is 5.91 Å². The molecule has 0 aliphatic heterocycles. The van der Waals surface area contributed by atoms with Gasteiger partial charge in [-0.3, -0.25) is 4.79 Å². The summed E-state index contributed by atoms with van der Waals surface area (Å²) in [7, 11) is 3.56. The van der Waals surface area contributed by atoms with Crippen LogP contribution in [0, 0.1) is 6.92 Å². The molecule has 0 bridgehead atoms. The molecule has 1 amide bonds. The molecular weight excluding hydrogens is 228 g/mol. The molecule has 0 saturated carbocycles. The molecule has 4 nitrogen and oxygen atoms in total. The van der Waals surface area contributed by atoms with E-state index >= 15 is 0 Å². The summed E-state index contributed by atoms with van der Waals surface area (Å²) in [5.74, 6) is 0.949. The normalized spacial score (nSPS) is 10.2. The van der Waals surface area contributed by atoms with Crippen LogP contribution in [0.3, 0.4) is 0 Å². The van der Waals surface area contributed by atoms with Crippen molar-refractivity contribution in [3.05, 3.63) is 29.3 Å². The number of amides is 1. The molecule has 1 aromatic rings. The predicted molar refractivity (Wildman–Crippen MR) is 72.7 cm³/mol.